The summed E-state index contributed by atoms with van der Waals surface area (Å²) in [6.45, 7) is 5.55. The van der Waals surface area contributed by atoms with E-state index in [1.165, 1.54) is 4.90 Å². The summed E-state index contributed by atoms with van der Waals surface area (Å²) in [5.74, 6) is -0.271. The van der Waals surface area contributed by atoms with E-state index < -0.39 is 17.7 Å². The average Bonchev–Trinajstić information content (AvgIpc) is 3.05. The zero-order valence-corrected chi connectivity index (χ0v) is 18.7. The number of hydrogen-bond donors (Lipinski definition) is 1. The SMILES string of the molecule is CCOc1ccc(/C(O)=C2/C(=O)C(=O)N(CCCOC)C2c2cccc(OCC)c2)cc1. The summed E-state index contributed by atoms with van der Waals surface area (Å²) >= 11 is 0. The molecule has 1 amide bonds. The highest BCUT2D eigenvalue weighted by Gasteiger charge is 2.45. The number of ketones is 1. The molecule has 0 bridgehead atoms. The first kappa shape index (κ1) is 23.3. The number of likely N-dealkylation sites (tertiary alicyclic amines) is 1. The van der Waals surface area contributed by atoms with E-state index in [0.29, 0.717) is 55.4 Å². The van der Waals surface area contributed by atoms with Gasteiger partial charge in [-0.2, -0.15) is 0 Å². The second kappa shape index (κ2) is 10.8. The number of aliphatic hydroxyl groups is 1. The molecule has 7 nitrogen and oxygen atoms in total. The Hall–Kier alpha value is -3.32. The van der Waals surface area contributed by atoms with Gasteiger partial charge >= 0.3 is 0 Å². The van der Waals surface area contributed by atoms with Crippen molar-refractivity contribution in [2.45, 2.75) is 26.3 Å². The maximum Gasteiger partial charge on any atom is 0.295 e. The smallest absolute Gasteiger partial charge is 0.295 e. The standard InChI is InChI=1S/C25H29NO6/c1-4-31-19-12-10-17(11-13-19)23(27)21-22(18-8-6-9-20(16-18)32-5-2)26(14-7-15-30-3)25(29)24(21)28/h6,8-13,16,22,27H,4-5,7,14-15H2,1-3H3/b23-21-. The van der Waals surface area contributed by atoms with E-state index in [1.807, 2.05) is 32.0 Å². The highest BCUT2D eigenvalue weighted by atomic mass is 16.5. The Labute approximate surface area is 188 Å². The molecule has 7 heteroatoms. The summed E-state index contributed by atoms with van der Waals surface area (Å²) in [4.78, 5) is 27.4. The third-order valence-electron chi connectivity index (χ3n) is 5.21. The van der Waals surface area contributed by atoms with Crippen LogP contribution in [0.1, 0.15) is 37.4 Å². The molecule has 0 aromatic heterocycles. The van der Waals surface area contributed by atoms with Crippen LogP contribution in [-0.4, -0.2) is 55.2 Å². The van der Waals surface area contributed by atoms with E-state index in [-0.39, 0.29) is 11.3 Å². The second-order valence-electron chi connectivity index (χ2n) is 7.30. The Balaban J connectivity index is 2.08. The number of Topliss-reactive ketones (excluding diaryl/α,β-unsaturated/α-hetero) is 1. The molecule has 170 valence electrons. The average molecular weight is 440 g/mol. The minimum atomic E-state index is -0.723. The fraction of sp³-hybridized carbons (Fsp3) is 0.360. The topological polar surface area (TPSA) is 85.3 Å². The zero-order valence-electron chi connectivity index (χ0n) is 18.7. The van der Waals surface area contributed by atoms with Gasteiger partial charge in [-0.3, -0.25) is 9.59 Å². The molecule has 3 rings (SSSR count). The van der Waals surface area contributed by atoms with Crippen molar-refractivity contribution in [2.24, 2.45) is 0 Å². The Morgan fingerprint density at radius 3 is 2.34 bits per heavy atom. The molecule has 1 aliphatic rings. The Kier molecular flexibility index (Phi) is 7.89. The molecular weight excluding hydrogens is 410 g/mol. The molecule has 1 N–H and O–H groups in total. The highest BCUT2D eigenvalue weighted by molar-refractivity contribution is 6.46. The van der Waals surface area contributed by atoms with E-state index in [9.17, 15) is 14.7 Å². The Bertz CT molecular complexity index is 982. The van der Waals surface area contributed by atoms with E-state index in [1.54, 1.807) is 37.4 Å². The summed E-state index contributed by atoms with van der Waals surface area (Å²) < 4.78 is 16.2. The van der Waals surface area contributed by atoms with Crippen LogP contribution in [-0.2, 0) is 14.3 Å². The third-order valence-corrected chi connectivity index (χ3v) is 5.21. The van der Waals surface area contributed by atoms with Crippen LogP contribution in [0.2, 0.25) is 0 Å². The van der Waals surface area contributed by atoms with E-state index in [2.05, 4.69) is 0 Å². The molecule has 0 saturated carbocycles. The van der Waals surface area contributed by atoms with Gasteiger partial charge in [-0.25, -0.2) is 0 Å². The van der Waals surface area contributed by atoms with Gasteiger partial charge in [0.05, 0.1) is 24.8 Å². The zero-order chi connectivity index (χ0) is 23.1. The molecule has 0 spiro atoms. The van der Waals surface area contributed by atoms with Gasteiger partial charge in [0.1, 0.15) is 17.3 Å². The maximum atomic E-state index is 13.0. The first-order chi connectivity index (χ1) is 15.5. The van der Waals surface area contributed by atoms with Crippen molar-refractivity contribution in [3.63, 3.8) is 0 Å². The van der Waals surface area contributed by atoms with E-state index >= 15 is 0 Å². The number of hydrogen-bond acceptors (Lipinski definition) is 6. The Morgan fingerprint density at radius 1 is 1.00 bits per heavy atom. The summed E-state index contributed by atoms with van der Waals surface area (Å²) in [5.41, 5.74) is 1.19. The van der Waals surface area contributed by atoms with Gasteiger partial charge in [-0.1, -0.05) is 12.1 Å². The predicted molar refractivity (Wildman–Crippen MR) is 121 cm³/mol. The van der Waals surface area contributed by atoms with Crippen LogP contribution in [0, 0.1) is 0 Å². The molecule has 2 aromatic carbocycles. The minimum Gasteiger partial charge on any atom is -0.507 e. The first-order valence-corrected chi connectivity index (χ1v) is 10.7. The first-order valence-electron chi connectivity index (χ1n) is 10.7. The molecule has 1 aliphatic heterocycles. The molecule has 0 radical (unpaired) electrons. The number of amides is 1. The lowest BCUT2D eigenvalue weighted by molar-refractivity contribution is -0.140. The molecule has 1 atom stereocenters. The van der Waals surface area contributed by atoms with Crippen LogP contribution >= 0.6 is 0 Å². The lowest BCUT2D eigenvalue weighted by Gasteiger charge is -2.25. The monoisotopic (exact) mass is 439 g/mol. The third kappa shape index (κ3) is 4.94. The lowest BCUT2D eigenvalue weighted by atomic mass is 9.95. The molecule has 2 aromatic rings. The van der Waals surface area contributed by atoms with Crippen molar-refractivity contribution in [3.8, 4) is 11.5 Å². The van der Waals surface area contributed by atoms with Gasteiger partial charge in [0.15, 0.2) is 0 Å². The number of methoxy groups -OCH3 is 1. The van der Waals surface area contributed by atoms with Crippen LogP contribution in [0.3, 0.4) is 0 Å². The largest absolute Gasteiger partial charge is 0.507 e. The van der Waals surface area contributed by atoms with Crippen molar-refractivity contribution in [1.82, 2.24) is 4.90 Å². The fourth-order valence-electron chi connectivity index (χ4n) is 3.81. The number of ether oxygens (including phenoxy) is 3. The quantitative estimate of drug-likeness (QED) is 0.261. The van der Waals surface area contributed by atoms with Gasteiger partial charge in [0.2, 0.25) is 0 Å². The minimum absolute atomic E-state index is 0.0604. The molecule has 32 heavy (non-hydrogen) atoms. The maximum absolute atomic E-state index is 13.0. The van der Waals surface area contributed by atoms with E-state index in [4.69, 9.17) is 14.2 Å². The van der Waals surface area contributed by atoms with Gasteiger partial charge in [-0.05, 0) is 62.2 Å². The van der Waals surface area contributed by atoms with Gasteiger partial charge in [0, 0.05) is 25.8 Å². The number of nitrogens with zero attached hydrogens (tertiary/aromatic N) is 1. The van der Waals surface area contributed by atoms with Crippen molar-refractivity contribution in [3.05, 3.63) is 65.2 Å². The molecule has 1 fully saturated rings. The van der Waals surface area contributed by atoms with Crippen LogP contribution in [0.15, 0.2) is 54.1 Å². The van der Waals surface area contributed by atoms with Crippen molar-refractivity contribution in [1.29, 1.82) is 0 Å². The van der Waals surface area contributed by atoms with Gasteiger partial charge in [0.25, 0.3) is 11.7 Å². The molecule has 0 aliphatic carbocycles. The number of rotatable bonds is 10. The van der Waals surface area contributed by atoms with Crippen LogP contribution < -0.4 is 9.47 Å². The summed E-state index contributed by atoms with van der Waals surface area (Å²) in [6.07, 6.45) is 0.564. The second-order valence-corrected chi connectivity index (χ2v) is 7.30. The fourth-order valence-corrected chi connectivity index (χ4v) is 3.81. The van der Waals surface area contributed by atoms with Gasteiger partial charge in [-0.15, -0.1) is 0 Å². The van der Waals surface area contributed by atoms with Gasteiger partial charge < -0.3 is 24.2 Å². The van der Waals surface area contributed by atoms with Crippen molar-refractivity contribution < 1.29 is 28.9 Å². The number of carbonyl (C=O) groups is 2. The van der Waals surface area contributed by atoms with Crippen molar-refractivity contribution >= 4 is 17.4 Å². The number of aliphatic hydroxyl groups excluding tert-OH is 1. The van der Waals surface area contributed by atoms with E-state index in [0.717, 1.165) is 0 Å². The highest BCUT2D eigenvalue weighted by Crippen LogP contribution is 2.40. The summed E-state index contributed by atoms with van der Waals surface area (Å²) in [6, 6.07) is 13.3. The number of carbonyl (C=O) groups excluding carboxylic acids is 2. The Morgan fingerprint density at radius 2 is 1.69 bits per heavy atom. The molecule has 1 heterocycles. The molecular formula is C25H29NO6. The van der Waals surface area contributed by atoms with Crippen LogP contribution in [0.5, 0.6) is 11.5 Å². The normalized spacial score (nSPS) is 17.6. The lowest BCUT2D eigenvalue weighted by Crippen LogP contribution is -2.31. The number of benzene rings is 2. The molecule has 1 unspecified atom stereocenters. The van der Waals surface area contributed by atoms with Crippen LogP contribution in [0.4, 0.5) is 0 Å². The van der Waals surface area contributed by atoms with Crippen molar-refractivity contribution in [2.75, 3.05) is 33.5 Å². The van der Waals surface area contributed by atoms with Crippen LogP contribution in [0.25, 0.3) is 5.76 Å². The molecule has 1 saturated heterocycles. The summed E-state index contributed by atoms with van der Waals surface area (Å²) in [7, 11) is 1.59. The predicted octanol–water partition coefficient (Wildman–Crippen LogP) is 3.94. The summed E-state index contributed by atoms with van der Waals surface area (Å²) in [5, 5.41) is 11.1.